The Balaban J connectivity index is 1.91. The molecule has 1 aromatic heterocycles. The second-order valence-electron chi connectivity index (χ2n) is 4.68. The molecule has 0 spiro atoms. The van der Waals surface area contributed by atoms with Gasteiger partial charge in [0.15, 0.2) is 5.75 Å². The van der Waals surface area contributed by atoms with Crippen molar-refractivity contribution in [2.75, 3.05) is 0 Å². The Labute approximate surface area is 125 Å². The highest BCUT2D eigenvalue weighted by Gasteiger charge is 2.11. The molecule has 0 aliphatic heterocycles. The Kier molecular flexibility index (Phi) is 3.84. The van der Waals surface area contributed by atoms with Gasteiger partial charge >= 0.3 is 0 Å². The molecule has 3 aromatic rings. The Morgan fingerprint density at radius 1 is 1.09 bits per heavy atom. The number of ether oxygens (including phenoxy) is 1. The van der Waals surface area contributed by atoms with E-state index in [1.54, 1.807) is 12.1 Å². The van der Waals surface area contributed by atoms with Gasteiger partial charge in [0.1, 0.15) is 23.1 Å². The first-order valence-corrected chi connectivity index (χ1v) is 6.63. The molecule has 0 unspecified atom stereocenters. The zero-order chi connectivity index (χ0) is 15.5. The van der Waals surface area contributed by atoms with E-state index in [-0.39, 0.29) is 18.2 Å². The Bertz CT molecular complexity index is 784. The highest BCUT2D eigenvalue weighted by Crippen LogP contribution is 2.32. The standard InChI is InChI=1S/C16H13F2N3O/c17-12-3-1-10(2-4-12)16-15(9-20-21-16)22-13-5-6-14(18)11(7-13)8-19/h1-7,9H,8,19H2,(H,20,21). The molecule has 0 radical (unpaired) electrons. The molecule has 0 amide bonds. The number of H-pyrrole nitrogens is 1. The monoisotopic (exact) mass is 301 g/mol. The van der Waals surface area contributed by atoms with Gasteiger partial charge in [-0.25, -0.2) is 8.78 Å². The molecular formula is C16H13F2N3O. The van der Waals surface area contributed by atoms with Crippen molar-refractivity contribution < 1.29 is 13.5 Å². The SMILES string of the molecule is NCc1cc(Oc2cn[nH]c2-c2ccc(F)cc2)ccc1F. The molecule has 22 heavy (non-hydrogen) atoms. The average molecular weight is 301 g/mol. The van der Waals surface area contributed by atoms with Crippen LogP contribution in [0.2, 0.25) is 0 Å². The highest BCUT2D eigenvalue weighted by atomic mass is 19.1. The maximum atomic E-state index is 13.4. The average Bonchev–Trinajstić information content (AvgIpc) is 2.98. The minimum Gasteiger partial charge on any atom is -0.453 e. The van der Waals surface area contributed by atoms with Crippen LogP contribution < -0.4 is 10.5 Å². The third-order valence-electron chi connectivity index (χ3n) is 3.20. The van der Waals surface area contributed by atoms with E-state index in [1.807, 2.05) is 0 Å². The number of nitrogens with two attached hydrogens (primary N) is 1. The van der Waals surface area contributed by atoms with Crippen LogP contribution in [0.25, 0.3) is 11.3 Å². The van der Waals surface area contributed by atoms with Gasteiger partial charge in [0, 0.05) is 17.7 Å². The van der Waals surface area contributed by atoms with Gasteiger partial charge in [-0.2, -0.15) is 5.10 Å². The molecule has 3 N–H and O–H groups in total. The van der Waals surface area contributed by atoms with Crippen LogP contribution in [-0.2, 0) is 6.54 Å². The van der Waals surface area contributed by atoms with Crippen LogP contribution in [0.4, 0.5) is 8.78 Å². The van der Waals surface area contributed by atoms with E-state index in [4.69, 9.17) is 10.5 Å². The van der Waals surface area contributed by atoms with Crippen molar-refractivity contribution in [1.82, 2.24) is 10.2 Å². The number of aromatic amines is 1. The van der Waals surface area contributed by atoms with E-state index in [0.717, 1.165) is 5.56 Å². The number of nitrogens with one attached hydrogen (secondary N) is 1. The number of aromatic nitrogens is 2. The lowest BCUT2D eigenvalue weighted by Crippen LogP contribution is -2.00. The fraction of sp³-hybridized carbons (Fsp3) is 0.0625. The molecule has 4 nitrogen and oxygen atoms in total. The first-order chi connectivity index (χ1) is 10.7. The molecule has 0 saturated carbocycles. The van der Waals surface area contributed by atoms with E-state index in [2.05, 4.69) is 10.2 Å². The van der Waals surface area contributed by atoms with Crippen molar-refractivity contribution >= 4 is 0 Å². The summed E-state index contributed by atoms with van der Waals surface area (Å²) in [6.45, 7) is 0.0826. The number of hydrogen-bond donors (Lipinski definition) is 2. The smallest absolute Gasteiger partial charge is 0.172 e. The van der Waals surface area contributed by atoms with Crippen molar-refractivity contribution in [1.29, 1.82) is 0 Å². The fourth-order valence-corrected chi connectivity index (χ4v) is 2.07. The molecule has 0 fully saturated rings. The van der Waals surface area contributed by atoms with Crippen LogP contribution in [0.1, 0.15) is 5.56 Å². The van der Waals surface area contributed by atoms with Crippen molar-refractivity contribution in [3.05, 3.63) is 65.9 Å². The number of hydrogen-bond acceptors (Lipinski definition) is 3. The third kappa shape index (κ3) is 2.82. The van der Waals surface area contributed by atoms with Gasteiger partial charge in [-0.1, -0.05) is 0 Å². The van der Waals surface area contributed by atoms with Crippen LogP contribution >= 0.6 is 0 Å². The molecule has 0 bridgehead atoms. The maximum absolute atomic E-state index is 13.4. The van der Waals surface area contributed by atoms with Crippen LogP contribution in [-0.4, -0.2) is 10.2 Å². The number of halogens is 2. The largest absolute Gasteiger partial charge is 0.453 e. The maximum Gasteiger partial charge on any atom is 0.172 e. The first-order valence-electron chi connectivity index (χ1n) is 6.63. The van der Waals surface area contributed by atoms with Crippen LogP contribution in [0.3, 0.4) is 0 Å². The Morgan fingerprint density at radius 3 is 2.59 bits per heavy atom. The van der Waals surface area contributed by atoms with Crippen LogP contribution in [0.5, 0.6) is 11.5 Å². The Hall–Kier alpha value is -2.73. The highest BCUT2D eigenvalue weighted by molar-refractivity contribution is 5.66. The lowest BCUT2D eigenvalue weighted by molar-refractivity contribution is 0.481. The molecule has 0 aliphatic carbocycles. The third-order valence-corrected chi connectivity index (χ3v) is 3.20. The predicted octanol–water partition coefficient (Wildman–Crippen LogP) is 3.61. The van der Waals surface area contributed by atoms with Crippen LogP contribution in [0, 0.1) is 11.6 Å². The van der Waals surface area contributed by atoms with Gasteiger partial charge in [-0.15, -0.1) is 0 Å². The van der Waals surface area contributed by atoms with E-state index in [9.17, 15) is 8.78 Å². The fourth-order valence-electron chi connectivity index (χ4n) is 2.07. The van der Waals surface area contributed by atoms with Gasteiger partial charge in [-0.3, -0.25) is 5.10 Å². The van der Waals surface area contributed by atoms with Crippen molar-refractivity contribution in [3.63, 3.8) is 0 Å². The van der Waals surface area contributed by atoms with E-state index < -0.39 is 0 Å². The zero-order valence-electron chi connectivity index (χ0n) is 11.5. The predicted molar refractivity (Wildman–Crippen MR) is 78.3 cm³/mol. The summed E-state index contributed by atoms with van der Waals surface area (Å²) in [5.74, 6) is 0.213. The second-order valence-corrected chi connectivity index (χ2v) is 4.68. The number of nitrogens with zero attached hydrogens (tertiary/aromatic N) is 1. The molecule has 0 atom stereocenters. The normalized spacial score (nSPS) is 10.7. The second kappa shape index (κ2) is 5.95. The van der Waals surface area contributed by atoms with Crippen molar-refractivity contribution in [2.45, 2.75) is 6.54 Å². The number of rotatable bonds is 4. The van der Waals surface area contributed by atoms with Gasteiger partial charge in [0.2, 0.25) is 0 Å². The first kappa shape index (κ1) is 14.2. The van der Waals surface area contributed by atoms with Gasteiger partial charge in [0.25, 0.3) is 0 Å². The summed E-state index contributed by atoms with van der Waals surface area (Å²) in [5, 5.41) is 6.74. The van der Waals surface area contributed by atoms with Crippen molar-refractivity contribution in [3.8, 4) is 22.8 Å². The van der Waals surface area contributed by atoms with Gasteiger partial charge in [-0.05, 0) is 42.5 Å². The molecule has 6 heteroatoms. The molecule has 0 aliphatic rings. The summed E-state index contributed by atoms with van der Waals surface area (Å²) >= 11 is 0. The molecular weight excluding hydrogens is 288 g/mol. The minimum absolute atomic E-state index is 0.0826. The summed E-state index contributed by atoms with van der Waals surface area (Å²) < 4.78 is 32.2. The molecule has 3 rings (SSSR count). The van der Waals surface area contributed by atoms with E-state index >= 15 is 0 Å². The summed E-state index contributed by atoms with van der Waals surface area (Å²) in [6.07, 6.45) is 1.50. The summed E-state index contributed by atoms with van der Waals surface area (Å²) in [6, 6.07) is 10.3. The molecule has 2 aromatic carbocycles. The number of benzene rings is 2. The van der Waals surface area contributed by atoms with Crippen molar-refractivity contribution in [2.24, 2.45) is 5.73 Å². The molecule has 1 heterocycles. The lowest BCUT2D eigenvalue weighted by Gasteiger charge is -2.08. The summed E-state index contributed by atoms with van der Waals surface area (Å²) in [4.78, 5) is 0. The van der Waals surface area contributed by atoms with Crippen LogP contribution in [0.15, 0.2) is 48.7 Å². The molecule has 0 saturated heterocycles. The molecule has 112 valence electrons. The quantitative estimate of drug-likeness (QED) is 0.774. The van der Waals surface area contributed by atoms with E-state index in [0.29, 0.717) is 22.8 Å². The lowest BCUT2D eigenvalue weighted by atomic mass is 10.1. The van der Waals surface area contributed by atoms with Gasteiger partial charge < -0.3 is 10.5 Å². The Morgan fingerprint density at radius 2 is 1.86 bits per heavy atom. The summed E-state index contributed by atoms with van der Waals surface area (Å²) in [7, 11) is 0. The zero-order valence-corrected chi connectivity index (χ0v) is 11.5. The summed E-state index contributed by atoms with van der Waals surface area (Å²) in [5.41, 5.74) is 7.18. The topological polar surface area (TPSA) is 63.9 Å². The van der Waals surface area contributed by atoms with E-state index in [1.165, 1.54) is 36.5 Å². The van der Waals surface area contributed by atoms with Gasteiger partial charge in [0.05, 0.1) is 6.20 Å². The minimum atomic E-state index is -0.374.